The molecule has 2 nitrogen and oxygen atoms in total. The Hall–Kier alpha value is -1.58. The molecular formula is C15H15ClN2S. The largest absolute Gasteiger partial charge is 0.362 e. The highest BCUT2D eigenvalue weighted by molar-refractivity contribution is 7.80. The smallest absolute Gasteiger partial charge is 0.170 e. The number of nitrogens with one attached hydrogen (secondary N) is 2. The van der Waals surface area contributed by atoms with E-state index >= 15 is 0 Å². The average molecular weight is 291 g/mol. The van der Waals surface area contributed by atoms with E-state index in [1.54, 1.807) is 0 Å². The lowest BCUT2D eigenvalue weighted by Crippen LogP contribution is -2.30. The van der Waals surface area contributed by atoms with E-state index in [1.165, 1.54) is 5.56 Å². The second kappa shape index (κ2) is 7.12. The van der Waals surface area contributed by atoms with Crippen LogP contribution in [0.2, 0.25) is 5.02 Å². The van der Waals surface area contributed by atoms with E-state index in [0.29, 0.717) is 10.1 Å². The summed E-state index contributed by atoms with van der Waals surface area (Å²) < 4.78 is 0. The van der Waals surface area contributed by atoms with Crippen molar-refractivity contribution in [1.29, 1.82) is 0 Å². The lowest BCUT2D eigenvalue weighted by atomic mass is 10.1. The Kier molecular flexibility index (Phi) is 5.19. The van der Waals surface area contributed by atoms with Crippen LogP contribution in [-0.2, 0) is 6.42 Å². The van der Waals surface area contributed by atoms with Gasteiger partial charge in [-0.2, -0.15) is 0 Å². The SMILES string of the molecule is S=C(NCCc1ccccc1)Nc1cccc(Cl)c1. The molecule has 0 amide bonds. The highest BCUT2D eigenvalue weighted by Gasteiger charge is 1.98. The van der Waals surface area contributed by atoms with Gasteiger partial charge in [0.1, 0.15) is 0 Å². The minimum atomic E-state index is 0.609. The monoisotopic (exact) mass is 290 g/mol. The molecule has 2 aromatic rings. The molecule has 2 aromatic carbocycles. The quantitative estimate of drug-likeness (QED) is 0.836. The molecule has 0 aliphatic rings. The molecule has 98 valence electrons. The van der Waals surface area contributed by atoms with Crippen LogP contribution in [-0.4, -0.2) is 11.7 Å². The Morgan fingerprint density at radius 2 is 1.84 bits per heavy atom. The first-order chi connectivity index (χ1) is 9.24. The van der Waals surface area contributed by atoms with Crippen molar-refractivity contribution in [1.82, 2.24) is 5.32 Å². The molecule has 4 heteroatoms. The molecule has 0 aliphatic carbocycles. The standard InChI is InChI=1S/C15H15ClN2S/c16-13-7-4-8-14(11-13)18-15(19)17-10-9-12-5-2-1-3-6-12/h1-8,11H,9-10H2,(H2,17,18,19). The molecule has 0 spiro atoms. The van der Waals surface area contributed by atoms with Gasteiger partial charge in [-0.1, -0.05) is 48.0 Å². The van der Waals surface area contributed by atoms with Crippen LogP contribution in [0.15, 0.2) is 54.6 Å². The Balaban J connectivity index is 1.76. The maximum absolute atomic E-state index is 5.91. The van der Waals surface area contributed by atoms with Gasteiger partial charge in [-0.05, 0) is 42.4 Å². The van der Waals surface area contributed by atoms with Gasteiger partial charge in [0, 0.05) is 17.3 Å². The molecule has 0 radical (unpaired) electrons. The van der Waals surface area contributed by atoms with E-state index in [0.717, 1.165) is 18.7 Å². The minimum absolute atomic E-state index is 0.609. The first-order valence-corrected chi connectivity index (χ1v) is 6.87. The van der Waals surface area contributed by atoms with E-state index < -0.39 is 0 Å². The van der Waals surface area contributed by atoms with Crippen LogP contribution in [0, 0.1) is 0 Å². The predicted molar refractivity (Wildman–Crippen MR) is 85.8 cm³/mol. The van der Waals surface area contributed by atoms with Crippen LogP contribution in [0.1, 0.15) is 5.56 Å². The van der Waals surface area contributed by atoms with Gasteiger partial charge in [-0.25, -0.2) is 0 Å². The van der Waals surface area contributed by atoms with Crippen molar-refractivity contribution in [2.45, 2.75) is 6.42 Å². The fraction of sp³-hybridized carbons (Fsp3) is 0.133. The highest BCUT2D eigenvalue weighted by atomic mass is 35.5. The van der Waals surface area contributed by atoms with Crippen LogP contribution in [0.3, 0.4) is 0 Å². The minimum Gasteiger partial charge on any atom is -0.362 e. The molecule has 0 heterocycles. The van der Waals surface area contributed by atoms with Crippen molar-refractivity contribution in [3.63, 3.8) is 0 Å². The third kappa shape index (κ3) is 4.89. The van der Waals surface area contributed by atoms with Crippen LogP contribution < -0.4 is 10.6 Å². The van der Waals surface area contributed by atoms with Crippen molar-refractivity contribution in [2.75, 3.05) is 11.9 Å². The number of rotatable bonds is 4. The molecule has 0 atom stereocenters. The van der Waals surface area contributed by atoms with Gasteiger partial charge in [-0.15, -0.1) is 0 Å². The number of halogens is 1. The van der Waals surface area contributed by atoms with Crippen molar-refractivity contribution < 1.29 is 0 Å². The molecule has 0 saturated heterocycles. The second-order valence-electron chi connectivity index (χ2n) is 4.13. The second-order valence-corrected chi connectivity index (χ2v) is 4.97. The summed E-state index contributed by atoms with van der Waals surface area (Å²) in [5, 5.41) is 7.58. The number of hydrogen-bond acceptors (Lipinski definition) is 1. The number of hydrogen-bond donors (Lipinski definition) is 2. The van der Waals surface area contributed by atoms with Gasteiger partial charge < -0.3 is 10.6 Å². The van der Waals surface area contributed by atoms with Crippen molar-refractivity contribution in [3.05, 3.63) is 65.2 Å². The van der Waals surface area contributed by atoms with Gasteiger partial charge in [0.25, 0.3) is 0 Å². The van der Waals surface area contributed by atoms with Crippen LogP contribution in [0.4, 0.5) is 5.69 Å². The summed E-state index contributed by atoms with van der Waals surface area (Å²) in [6.45, 7) is 0.802. The third-order valence-electron chi connectivity index (χ3n) is 2.62. The van der Waals surface area contributed by atoms with E-state index in [4.69, 9.17) is 23.8 Å². The number of thiocarbonyl (C=S) groups is 1. The Bertz CT molecular complexity index is 543. The van der Waals surface area contributed by atoms with Gasteiger partial charge in [-0.3, -0.25) is 0 Å². The topological polar surface area (TPSA) is 24.1 Å². The molecule has 0 unspecified atom stereocenters. The summed E-state index contributed by atoms with van der Waals surface area (Å²) >= 11 is 11.1. The van der Waals surface area contributed by atoms with E-state index in [-0.39, 0.29) is 0 Å². The molecule has 2 N–H and O–H groups in total. The van der Waals surface area contributed by atoms with Crippen LogP contribution in [0.25, 0.3) is 0 Å². The first-order valence-electron chi connectivity index (χ1n) is 6.08. The maximum atomic E-state index is 5.91. The van der Waals surface area contributed by atoms with Crippen LogP contribution >= 0.6 is 23.8 Å². The fourth-order valence-electron chi connectivity index (χ4n) is 1.71. The van der Waals surface area contributed by atoms with E-state index in [2.05, 4.69) is 22.8 Å². The summed E-state index contributed by atoms with van der Waals surface area (Å²) in [7, 11) is 0. The molecule has 0 saturated carbocycles. The highest BCUT2D eigenvalue weighted by Crippen LogP contribution is 2.14. The summed E-state index contributed by atoms with van der Waals surface area (Å²) in [5.74, 6) is 0. The molecule has 0 fully saturated rings. The zero-order valence-electron chi connectivity index (χ0n) is 10.4. The average Bonchev–Trinajstić information content (AvgIpc) is 2.40. The third-order valence-corrected chi connectivity index (χ3v) is 3.11. The van der Waals surface area contributed by atoms with Gasteiger partial charge >= 0.3 is 0 Å². The molecule has 0 bridgehead atoms. The predicted octanol–water partition coefficient (Wildman–Crippen LogP) is 3.87. The molecule has 0 aliphatic heterocycles. The number of anilines is 1. The summed E-state index contributed by atoms with van der Waals surface area (Å²) in [5.41, 5.74) is 2.19. The zero-order chi connectivity index (χ0) is 13.5. The number of benzene rings is 2. The van der Waals surface area contributed by atoms with Crippen molar-refractivity contribution in [3.8, 4) is 0 Å². The van der Waals surface area contributed by atoms with Crippen molar-refractivity contribution in [2.24, 2.45) is 0 Å². The Morgan fingerprint density at radius 3 is 2.58 bits per heavy atom. The first kappa shape index (κ1) is 13.8. The van der Waals surface area contributed by atoms with E-state index in [1.807, 2.05) is 42.5 Å². The Morgan fingerprint density at radius 1 is 1.05 bits per heavy atom. The normalized spacial score (nSPS) is 9.95. The molecule has 0 aromatic heterocycles. The van der Waals surface area contributed by atoms with Gasteiger partial charge in [0.2, 0.25) is 0 Å². The maximum Gasteiger partial charge on any atom is 0.170 e. The summed E-state index contributed by atoms with van der Waals surface area (Å²) in [6.07, 6.45) is 0.943. The lowest BCUT2D eigenvalue weighted by molar-refractivity contribution is 0.873. The van der Waals surface area contributed by atoms with Crippen LogP contribution in [0.5, 0.6) is 0 Å². The van der Waals surface area contributed by atoms with E-state index in [9.17, 15) is 0 Å². The lowest BCUT2D eigenvalue weighted by Gasteiger charge is -2.10. The molecule has 19 heavy (non-hydrogen) atoms. The summed E-state index contributed by atoms with van der Waals surface area (Å²) in [4.78, 5) is 0. The fourth-order valence-corrected chi connectivity index (χ4v) is 2.12. The summed E-state index contributed by atoms with van der Waals surface area (Å²) in [6, 6.07) is 17.8. The molecule has 2 rings (SSSR count). The van der Waals surface area contributed by atoms with Crippen molar-refractivity contribution >= 4 is 34.6 Å². The van der Waals surface area contributed by atoms with Gasteiger partial charge in [0.15, 0.2) is 5.11 Å². The Labute approximate surface area is 123 Å². The zero-order valence-corrected chi connectivity index (χ0v) is 12.0. The van der Waals surface area contributed by atoms with Gasteiger partial charge in [0.05, 0.1) is 0 Å². The molecular weight excluding hydrogens is 276 g/mol.